The molecule has 0 radical (unpaired) electrons. The van der Waals surface area contributed by atoms with E-state index in [4.69, 9.17) is 28.4 Å². The van der Waals surface area contributed by atoms with Gasteiger partial charge >= 0.3 is 0 Å². The molecule has 3 aliphatic heterocycles. The molecule has 3 saturated heterocycles. The molecule has 6 nitrogen and oxygen atoms in total. The van der Waals surface area contributed by atoms with Crippen LogP contribution in [0.4, 0.5) is 0 Å². The quantitative estimate of drug-likeness (QED) is 0.120. The highest BCUT2D eigenvalue weighted by molar-refractivity contribution is 5.63. The Labute approximate surface area is 425 Å². The van der Waals surface area contributed by atoms with Gasteiger partial charge in [0.15, 0.2) is 0 Å². The fourth-order valence-corrected chi connectivity index (χ4v) is 5.13. The number of para-hydroxylation sites is 3. The first-order chi connectivity index (χ1) is 33.9. The minimum Gasteiger partial charge on any atom is -0.491 e. The maximum Gasteiger partial charge on any atom is 0.119 e. The Bertz CT molecular complexity index is 1810. The fraction of sp³-hybridized carbons (Fsp3) is 0.344. The molecular formula is C64H86O6. The lowest BCUT2D eigenvalue weighted by atomic mass is 10.1. The van der Waals surface area contributed by atoms with Crippen molar-refractivity contribution in [2.45, 2.75) is 107 Å². The summed E-state index contributed by atoms with van der Waals surface area (Å²) in [5.74, 6) is 2.76. The second kappa shape index (κ2) is 42.9. The summed E-state index contributed by atoms with van der Waals surface area (Å²) in [6.07, 6.45) is 6.03. The molecule has 3 atom stereocenters. The summed E-state index contributed by atoms with van der Waals surface area (Å²) >= 11 is 0. The van der Waals surface area contributed by atoms with Crippen LogP contribution in [0.5, 0.6) is 17.2 Å². The topological polar surface area (TPSA) is 65.3 Å². The summed E-state index contributed by atoms with van der Waals surface area (Å²) in [7, 11) is 0. The number of epoxide rings is 3. The van der Waals surface area contributed by atoms with Gasteiger partial charge in [0.2, 0.25) is 0 Å². The van der Waals surface area contributed by atoms with Crippen molar-refractivity contribution in [1.82, 2.24) is 0 Å². The minimum atomic E-state index is 0. The van der Waals surface area contributed by atoms with Crippen LogP contribution in [0.1, 0.15) is 88.5 Å². The SMILES string of the molecule is C.CCC.CCC.CCC.CCC.c1ccc(-c2ccccc2)cc1.c1ccc(-c2ccccc2)cc1.c1ccc(OCC2CO2)cc1.c1ccc(OCC2CO2)cc1.c1ccc(OCC2CO2)cc1. The second-order valence-corrected chi connectivity index (χ2v) is 16.0. The van der Waals surface area contributed by atoms with Crippen LogP contribution in [0.2, 0.25) is 0 Å². The first-order valence-electron chi connectivity index (χ1n) is 25.0. The molecule has 3 heterocycles. The maximum atomic E-state index is 5.40. The highest BCUT2D eigenvalue weighted by Gasteiger charge is 2.24. The predicted octanol–water partition coefficient (Wildman–Crippen LogP) is 17.4. The van der Waals surface area contributed by atoms with Gasteiger partial charge in [0.1, 0.15) is 55.4 Å². The van der Waals surface area contributed by atoms with Crippen LogP contribution in [0, 0.1) is 0 Å². The van der Waals surface area contributed by atoms with Gasteiger partial charge in [-0.2, -0.15) is 0 Å². The Balaban J connectivity index is 0.000000412. The maximum absolute atomic E-state index is 5.40. The molecule has 70 heavy (non-hydrogen) atoms. The summed E-state index contributed by atoms with van der Waals surface area (Å²) in [5, 5.41) is 0. The average Bonchev–Trinajstić information content (AvgIpc) is 4.26. The Kier molecular flexibility index (Phi) is 37.9. The first-order valence-corrected chi connectivity index (χ1v) is 25.0. The largest absolute Gasteiger partial charge is 0.491 e. The van der Waals surface area contributed by atoms with Gasteiger partial charge in [-0.05, 0) is 58.7 Å². The van der Waals surface area contributed by atoms with Gasteiger partial charge in [-0.3, -0.25) is 0 Å². The molecule has 3 fully saturated rings. The number of ether oxygens (including phenoxy) is 6. The van der Waals surface area contributed by atoms with Crippen LogP contribution in [-0.4, -0.2) is 58.0 Å². The molecule has 378 valence electrons. The normalized spacial score (nSPS) is 14.4. The third-order valence-corrected chi connectivity index (χ3v) is 8.51. The van der Waals surface area contributed by atoms with Crippen molar-refractivity contribution in [3.8, 4) is 39.5 Å². The lowest BCUT2D eigenvalue weighted by Gasteiger charge is -2.01. The van der Waals surface area contributed by atoms with Gasteiger partial charge in [0.25, 0.3) is 0 Å². The van der Waals surface area contributed by atoms with E-state index < -0.39 is 0 Å². The minimum absolute atomic E-state index is 0. The third kappa shape index (κ3) is 34.2. The van der Waals surface area contributed by atoms with Gasteiger partial charge in [-0.15, -0.1) is 0 Å². The Morgan fingerprint density at radius 3 is 0.571 bits per heavy atom. The molecule has 7 aromatic rings. The van der Waals surface area contributed by atoms with Gasteiger partial charge in [-0.25, -0.2) is 0 Å². The second-order valence-electron chi connectivity index (χ2n) is 16.0. The molecule has 3 unspecified atom stereocenters. The van der Waals surface area contributed by atoms with E-state index in [1.807, 2.05) is 115 Å². The molecule has 0 bridgehead atoms. The monoisotopic (exact) mass is 951 g/mol. The molecule has 10 rings (SSSR count). The molecular weight excluding hydrogens is 865 g/mol. The molecule has 6 heteroatoms. The molecule has 0 spiro atoms. The predicted molar refractivity (Wildman–Crippen MR) is 299 cm³/mol. The van der Waals surface area contributed by atoms with E-state index in [0.29, 0.717) is 38.1 Å². The van der Waals surface area contributed by atoms with E-state index in [2.05, 4.69) is 152 Å². The van der Waals surface area contributed by atoms with Crippen molar-refractivity contribution in [2.75, 3.05) is 39.6 Å². The zero-order valence-corrected chi connectivity index (χ0v) is 43.0. The van der Waals surface area contributed by atoms with Gasteiger partial charge in [0, 0.05) is 0 Å². The van der Waals surface area contributed by atoms with Crippen molar-refractivity contribution in [1.29, 1.82) is 0 Å². The highest BCUT2D eigenvalue weighted by Crippen LogP contribution is 2.19. The summed E-state index contributed by atoms with van der Waals surface area (Å²) < 4.78 is 31.2. The van der Waals surface area contributed by atoms with Crippen molar-refractivity contribution in [3.05, 3.63) is 212 Å². The van der Waals surface area contributed by atoms with Crippen LogP contribution in [-0.2, 0) is 14.2 Å². The lowest BCUT2D eigenvalue weighted by molar-refractivity contribution is 0.263. The lowest BCUT2D eigenvalue weighted by Crippen LogP contribution is -2.03. The first kappa shape index (κ1) is 61.8. The molecule has 0 N–H and O–H groups in total. The summed E-state index contributed by atoms with van der Waals surface area (Å²) in [5.41, 5.74) is 5.10. The van der Waals surface area contributed by atoms with Crippen molar-refractivity contribution >= 4 is 0 Å². The van der Waals surface area contributed by atoms with Crippen LogP contribution in [0.25, 0.3) is 22.3 Å². The zero-order chi connectivity index (χ0) is 49.8. The van der Waals surface area contributed by atoms with Crippen molar-refractivity contribution in [3.63, 3.8) is 0 Å². The number of benzene rings is 7. The van der Waals surface area contributed by atoms with Crippen molar-refractivity contribution in [2.24, 2.45) is 0 Å². The van der Waals surface area contributed by atoms with E-state index in [0.717, 1.165) is 37.1 Å². The molecule has 0 aliphatic carbocycles. The van der Waals surface area contributed by atoms with E-state index in [-0.39, 0.29) is 7.43 Å². The van der Waals surface area contributed by atoms with E-state index in [1.54, 1.807) is 0 Å². The highest BCUT2D eigenvalue weighted by atomic mass is 16.6. The molecule has 0 amide bonds. The Hall–Kier alpha value is -6.18. The number of hydrogen-bond acceptors (Lipinski definition) is 6. The van der Waals surface area contributed by atoms with Crippen LogP contribution >= 0.6 is 0 Å². The smallest absolute Gasteiger partial charge is 0.119 e. The summed E-state index contributed by atoms with van der Waals surface area (Å²) in [4.78, 5) is 0. The van der Waals surface area contributed by atoms with Crippen molar-refractivity contribution < 1.29 is 28.4 Å². The summed E-state index contributed by atoms with van der Waals surface area (Å²) in [6.45, 7) is 21.6. The fourth-order valence-electron chi connectivity index (χ4n) is 5.13. The molecule has 7 aromatic carbocycles. The number of rotatable bonds is 11. The molecule has 0 aromatic heterocycles. The number of hydrogen-bond donors (Lipinski definition) is 0. The van der Waals surface area contributed by atoms with E-state index in [9.17, 15) is 0 Å². The van der Waals surface area contributed by atoms with Crippen LogP contribution in [0.3, 0.4) is 0 Å². The van der Waals surface area contributed by atoms with Gasteiger partial charge in [-0.1, -0.05) is 264 Å². The molecule has 3 aliphatic rings. The van der Waals surface area contributed by atoms with Crippen LogP contribution in [0.15, 0.2) is 212 Å². The zero-order valence-electron chi connectivity index (χ0n) is 43.0. The van der Waals surface area contributed by atoms with Gasteiger partial charge < -0.3 is 28.4 Å². The summed E-state index contributed by atoms with van der Waals surface area (Å²) in [6, 6.07) is 70.9. The third-order valence-electron chi connectivity index (χ3n) is 8.51. The van der Waals surface area contributed by atoms with Gasteiger partial charge in [0.05, 0.1) is 19.8 Å². The van der Waals surface area contributed by atoms with E-state index in [1.165, 1.54) is 47.9 Å². The Morgan fingerprint density at radius 1 is 0.286 bits per heavy atom. The molecule has 0 saturated carbocycles. The van der Waals surface area contributed by atoms with Crippen LogP contribution < -0.4 is 14.2 Å². The Morgan fingerprint density at radius 2 is 0.429 bits per heavy atom. The van der Waals surface area contributed by atoms with E-state index >= 15 is 0 Å². The average molecular weight is 951 g/mol. The standard InChI is InChI=1S/2C12H10.3C9H10O2.4C3H8.CH4/c2*1-3-7-11(8-4-1)12-9-5-2-6-10-12;3*1-2-4-8(5-3-1)10-6-9-7-11-9;4*1-3-2;/h2*1-10H;3*1-5,9H,6-7H2;4*3H2,1-2H3;1H4.